The number of aryl methyl sites for hydroxylation is 1. The van der Waals surface area contributed by atoms with E-state index < -0.39 is 5.60 Å². The molecule has 108 valence electrons. The summed E-state index contributed by atoms with van der Waals surface area (Å²) in [6.45, 7) is 4.34. The number of nitrogens with zero attached hydrogens (tertiary/aromatic N) is 2. The van der Waals surface area contributed by atoms with Crippen LogP contribution in [0.3, 0.4) is 0 Å². The largest absolute Gasteiger partial charge is 0.493 e. The van der Waals surface area contributed by atoms with Gasteiger partial charge in [0.25, 0.3) is 0 Å². The van der Waals surface area contributed by atoms with Crippen LogP contribution in [0, 0.1) is 0 Å². The Bertz CT molecular complexity index is 568. The molecule has 0 fully saturated rings. The van der Waals surface area contributed by atoms with Crippen LogP contribution in [0.4, 0.5) is 0 Å². The van der Waals surface area contributed by atoms with Gasteiger partial charge in [0.2, 0.25) is 0 Å². The van der Waals surface area contributed by atoms with Crippen LogP contribution in [0.2, 0.25) is 0 Å². The smallest absolute Gasteiger partial charge is 0.167 e. The van der Waals surface area contributed by atoms with Crippen molar-refractivity contribution in [2.45, 2.75) is 26.0 Å². The van der Waals surface area contributed by atoms with E-state index >= 15 is 0 Å². The van der Waals surface area contributed by atoms with E-state index in [0.29, 0.717) is 18.0 Å². The lowest BCUT2D eigenvalue weighted by molar-refractivity contribution is 0.0898. The van der Waals surface area contributed by atoms with Crippen molar-refractivity contribution in [1.29, 1.82) is 0 Å². The first-order valence-corrected chi connectivity index (χ1v) is 6.52. The number of ether oxygens (including phenoxy) is 2. The molecule has 2 N–H and O–H groups in total. The summed E-state index contributed by atoms with van der Waals surface area (Å²) in [7, 11) is 3.57. The van der Waals surface area contributed by atoms with E-state index in [0.717, 1.165) is 11.4 Å². The molecule has 0 unspecified atom stereocenters. The molecule has 0 aliphatic rings. The van der Waals surface area contributed by atoms with Gasteiger partial charge >= 0.3 is 0 Å². The fraction of sp³-hybridized carbons (Fsp3) is 0.400. The fourth-order valence-electron chi connectivity index (χ4n) is 2.25. The Kier molecular flexibility index (Phi) is 3.99. The Morgan fingerprint density at radius 2 is 2.10 bits per heavy atom. The van der Waals surface area contributed by atoms with Crippen molar-refractivity contribution in [2.75, 3.05) is 7.11 Å². The summed E-state index contributed by atoms with van der Waals surface area (Å²) in [5, 5.41) is 0. The van der Waals surface area contributed by atoms with E-state index in [1.165, 1.54) is 0 Å². The standard InChI is InChI=1S/C15H21N3O2/c1-15(2,14-17-8-9-18(14)3)20-13-11(10-16)6-5-7-12(13)19-4/h5-9H,10,16H2,1-4H3. The van der Waals surface area contributed by atoms with Gasteiger partial charge in [-0.3, -0.25) is 0 Å². The molecule has 20 heavy (non-hydrogen) atoms. The van der Waals surface area contributed by atoms with E-state index in [1.54, 1.807) is 13.3 Å². The minimum Gasteiger partial charge on any atom is -0.493 e. The van der Waals surface area contributed by atoms with Gasteiger partial charge in [-0.1, -0.05) is 12.1 Å². The average Bonchev–Trinajstić information content (AvgIpc) is 2.85. The zero-order valence-corrected chi connectivity index (χ0v) is 12.4. The van der Waals surface area contributed by atoms with Crippen molar-refractivity contribution in [1.82, 2.24) is 9.55 Å². The maximum atomic E-state index is 6.18. The number of para-hydroxylation sites is 1. The molecule has 0 spiro atoms. The maximum Gasteiger partial charge on any atom is 0.167 e. The summed E-state index contributed by atoms with van der Waals surface area (Å²) in [6, 6.07) is 5.71. The van der Waals surface area contributed by atoms with Gasteiger partial charge in [0, 0.05) is 31.5 Å². The third-order valence-corrected chi connectivity index (χ3v) is 3.22. The lowest BCUT2D eigenvalue weighted by Gasteiger charge is -2.28. The van der Waals surface area contributed by atoms with Crippen molar-refractivity contribution in [2.24, 2.45) is 12.8 Å². The Morgan fingerprint density at radius 3 is 2.65 bits per heavy atom. The molecule has 5 heteroatoms. The molecule has 0 atom stereocenters. The third kappa shape index (κ3) is 2.63. The second-order valence-electron chi connectivity index (χ2n) is 5.13. The van der Waals surface area contributed by atoms with Crippen molar-refractivity contribution in [3.8, 4) is 11.5 Å². The van der Waals surface area contributed by atoms with Gasteiger partial charge in [0.15, 0.2) is 22.9 Å². The minimum atomic E-state index is -0.587. The first-order valence-electron chi connectivity index (χ1n) is 6.52. The zero-order chi connectivity index (χ0) is 14.8. The SMILES string of the molecule is COc1cccc(CN)c1OC(C)(C)c1nccn1C. The van der Waals surface area contributed by atoms with E-state index in [9.17, 15) is 0 Å². The second-order valence-corrected chi connectivity index (χ2v) is 5.13. The first-order chi connectivity index (χ1) is 9.49. The predicted molar refractivity (Wildman–Crippen MR) is 77.7 cm³/mol. The predicted octanol–water partition coefficient (Wildman–Crippen LogP) is 2.20. The molecule has 0 aliphatic heterocycles. The topological polar surface area (TPSA) is 62.3 Å². The van der Waals surface area contributed by atoms with E-state index in [2.05, 4.69) is 4.98 Å². The van der Waals surface area contributed by atoms with Gasteiger partial charge in [-0.2, -0.15) is 0 Å². The molecule has 0 aliphatic carbocycles. The second kappa shape index (κ2) is 5.54. The van der Waals surface area contributed by atoms with E-state index in [1.807, 2.05) is 49.9 Å². The number of imidazole rings is 1. The number of nitrogens with two attached hydrogens (primary N) is 1. The molecule has 1 aromatic carbocycles. The molecule has 0 bridgehead atoms. The van der Waals surface area contributed by atoms with Gasteiger partial charge in [-0.25, -0.2) is 4.98 Å². The van der Waals surface area contributed by atoms with E-state index in [-0.39, 0.29) is 0 Å². The summed E-state index contributed by atoms with van der Waals surface area (Å²) in [4.78, 5) is 4.36. The van der Waals surface area contributed by atoms with Gasteiger partial charge in [-0.15, -0.1) is 0 Å². The van der Waals surface area contributed by atoms with Crippen LogP contribution in [0.25, 0.3) is 0 Å². The third-order valence-electron chi connectivity index (χ3n) is 3.22. The van der Waals surface area contributed by atoms with Crippen molar-refractivity contribution in [3.63, 3.8) is 0 Å². The number of methoxy groups -OCH3 is 1. The fourth-order valence-corrected chi connectivity index (χ4v) is 2.25. The summed E-state index contributed by atoms with van der Waals surface area (Å²) in [5.41, 5.74) is 6.11. The quantitative estimate of drug-likeness (QED) is 0.908. The maximum absolute atomic E-state index is 6.18. The van der Waals surface area contributed by atoms with Crippen LogP contribution in [-0.4, -0.2) is 16.7 Å². The minimum absolute atomic E-state index is 0.392. The molecule has 0 radical (unpaired) electrons. The lowest BCUT2D eigenvalue weighted by atomic mass is 10.1. The molecule has 0 saturated carbocycles. The number of rotatable bonds is 5. The highest BCUT2D eigenvalue weighted by Crippen LogP contribution is 2.36. The Hall–Kier alpha value is -2.01. The highest BCUT2D eigenvalue weighted by molar-refractivity contribution is 5.47. The molecule has 1 heterocycles. The van der Waals surface area contributed by atoms with Crippen molar-refractivity contribution in [3.05, 3.63) is 42.0 Å². The van der Waals surface area contributed by atoms with Gasteiger partial charge < -0.3 is 19.8 Å². The summed E-state index contributed by atoms with van der Waals surface area (Å²) < 4.78 is 13.5. The Morgan fingerprint density at radius 1 is 1.35 bits per heavy atom. The molecule has 5 nitrogen and oxygen atoms in total. The Balaban J connectivity index is 2.41. The van der Waals surface area contributed by atoms with Crippen molar-refractivity contribution >= 4 is 0 Å². The molecule has 1 aromatic heterocycles. The number of hydrogen-bond acceptors (Lipinski definition) is 4. The number of aromatic nitrogens is 2. The number of hydrogen-bond donors (Lipinski definition) is 1. The Labute approximate surface area is 119 Å². The molecular formula is C15H21N3O2. The van der Waals surface area contributed by atoms with Crippen LogP contribution >= 0.6 is 0 Å². The number of benzene rings is 1. The first kappa shape index (κ1) is 14.4. The summed E-state index contributed by atoms with van der Waals surface area (Å²) in [6.07, 6.45) is 3.65. The van der Waals surface area contributed by atoms with Crippen molar-refractivity contribution < 1.29 is 9.47 Å². The van der Waals surface area contributed by atoms with Gasteiger partial charge in [-0.05, 0) is 19.9 Å². The summed E-state index contributed by atoms with van der Waals surface area (Å²) in [5.74, 6) is 2.19. The molecule has 0 amide bonds. The van der Waals surface area contributed by atoms with Crippen LogP contribution in [0.15, 0.2) is 30.6 Å². The zero-order valence-electron chi connectivity index (χ0n) is 12.4. The molecule has 2 rings (SSSR count). The van der Waals surface area contributed by atoms with Crippen LogP contribution in [0.1, 0.15) is 25.2 Å². The highest BCUT2D eigenvalue weighted by atomic mass is 16.5. The summed E-state index contributed by atoms with van der Waals surface area (Å²) >= 11 is 0. The molecule has 2 aromatic rings. The van der Waals surface area contributed by atoms with Crippen LogP contribution in [0.5, 0.6) is 11.5 Å². The molecular weight excluding hydrogens is 254 g/mol. The van der Waals surface area contributed by atoms with Gasteiger partial charge in [0.05, 0.1) is 7.11 Å². The average molecular weight is 275 g/mol. The molecule has 0 saturated heterocycles. The lowest BCUT2D eigenvalue weighted by Crippen LogP contribution is -2.29. The van der Waals surface area contributed by atoms with Crippen LogP contribution < -0.4 is 15.2 Å². The normalized spacial score (nSPS) is 11.4. The van der Waals surface area contributed by atoms with E-state index in [4.69, 9.17) is 15.2 Å². The van der Waals surface area contributed by atoms with Gasteiger partial charge in [0.1, 0.15) is 0 Å². The monoisotopic (exact) mass is 275 g/mol. The van der Waals surface area contributed by atoms with Crippen LogP contribution in [-0.2, 0) is 19.2 Å². The highest BCUT2D eigenvalue weighted by Gasteiger charge is 2.29.